The third-order valence-electron chi connectivity index (χ3n) is 6.00. The number of hydrogen-bond acceptors (Lipinski definition) is 4. The molecule has 0 radical (unpaired) electrons. The average Bonchev–Trinajstić information content (AvgIpc) is 3.23. The van der Waals surface area contributed by atoms with Crippen LogP contribution in [-0.2, 0) is 27.2 Å². The molecule has 1 heterocycles. The minimum absolute atomic E-state index is 0.0960. The van der Waals surface area contributed by atoms with Crippen LogP contribution in [0.25, 0.3) is 10.9 Å². The highest BCUT2D eigenvalue weighted by Crippen LogP contribution is 2.19. The topological polar surface area (TPSA) is 132 Å². The van der Waals surface area contributed by atoms with E-state index in [2.05, 4.69) is 15.6 Å². The lowest BCUT2D eigenvalue weighted by Gasteiger charge is -2.26. The molecular weight excluding hydrogens is 446 g/mol. The second-order valence-corrected chi connectivity index (χ2v) is 9.23. The fourth-order valence-electron chi connectivity index (χ4n) is 4.19. The Labute approximate surface area is 204 Å². The van der Waals surface area contributed by atoms with Crippen LogP contribution < -0.4 is 10.6 Å². The van der Waals surface area contributed by atoms with E-state index < -0.39 is 36.0 Å². The van der Waals surface area contributed by atoms with Gasteiger partial charge in [0.2, 0.25) is 5.91 Å². The number of carbonyl (C=O) groups excluding carboxylic acids is 1. The summed E-state index contributed by atoms with van der Waals surface area (Å²) in [6.07, 6.45) is 3.08. The summed E-state index contributed by atoms with van der Waals surface area (Å²) in [4.78, 5) is 40.2. The molecular formula is C27H33N3O5. The molecule has 0 bridgehead atoms. The van der Waals surface area contributed by atoms with Gasteiger partial charge in [0.1, 0.15) is 12.1 Å². The standard InChI is InChI=1S/C27H33N3O5/c1-17(2)14-23(29-22(26(32)33)13-12-18-8-4-3-5-9-18)25(31)30-24(27(34)35)15-19-16-28-21-11-7-6-10-20(19)21/h3-11,16-17,22-24,28-29H,12-15H2,1-2H3,(H,30,31)(H,32,33)(H,34,35)/t22?,23-,24-/m0/s1. The van der Waals surface area contributed by atoms with E-state index in [4.69, 9.17) is 0 Å². The highest BCUT2D eigenvalue weighted by Gasteiger charge is 2.30. The molecule has 3 aromatic rings. The molecule has 0 saturated heterocycles. The van der Waals surface area contributed by atoms with Gasteiger partial charge in [0.15, 0.2) is 0 Å². The number of H-pyrrole nitrogens is 1. The number of aryl methyl sites for hydroxylation is 1. The van der Waals surface area contributed by atoms with Crippen molar-refractivity contribution in [2.24, 2.45) is 5.92 Å². The van der Waals surface area contributed by atoms with Crippen molar-refractivity contribution in [2.75, 3.05) is 0 Å². The summed E-state index contributed by atoms with van der Waals surface area (Å²) < 4.78 is 0. The Kier molecular flexibility index (Phi) is 9.03. The van der Waals surface area contributed by atoms with Crippen LogP contribution in [0, 0.1) is 5.92 Å². The van der Waals surface area contributed by atoms with Crippen LogP contribution in [0.4, 0.5) is 0 Å². The molecule has 0 aliphatic carbocycles. The number of carboxylic acids is 2. The van der Waals surface area contributed by atoms with Crippen LogP contribution in [0.15, 0.2) is 60.8 Å². The van der Waals surface area contributed by atoms with Crippen LogP contribution >= 0.6 is 0 Å². The van der Waals surface area contributed by atoms with E-state index in [1.807, 2.05) is 68.4 Å². The summed E-state index contributed by atoms with van der Waals surface area (Å²) in [6.45, 7) is 3.87. The summed E-state index contributed by atoms with van der Waals surface area (Å²) in [5.41, 5.74) is 2.68. The average molecular weight is 480 g/mol. The molecule has 1 unspecified atom stereocenters. The van der Waals surface area contributed by atoms with Gasteiger partial charge in [-0.2, -0.15) is 0 Å². The Morgan fingerprint density at radius 1 is 0.886 bits per heavy atom. The van der Waals surface area contributed by atoms with Gasteiger partial charge in [-0.3, -0.25) is 14.9 Å². The highest BCUT2D eigenvalue weighted by molar-refractivity contribution is 5.89. The van der Waals surface area contributed by atoms with Gasteiger partial charge in [0.05, 0.1) is 6.04 Å². The first-order valence-corrected chi connectivity index (χ1v) is 11.9. The van der Waals surface area contributed by atoms with Crippen LogP contribution in [0.1, 0.15) is 37.8 Å². The van der Waals surface area contributed by atoms with Gasteiger partial charge in [-0.1, -0.05) is 62.4 Å². The maximum Gasteiger partial charge on any atom is 0.326 e. The van der Waals surface area contributed by atoms with Gasteiger partial charge in [0.25, 0.3) is 0 Å². The Morgan fingerprint density at radius 3 is 2.20 bits per heavy atom. The zero-order valence-electron chi connectivity index (χ0n) is 20.0. The number of fused-ring (bicyclic) bond motifs is 1. The molecule has 3 rings (SSSR count). The second-order valence-electron chi connectivity index (χ2n) is 9.23. The van der Waals surface area contributed by atoms with Crippen molar-refractivity contribution < 1.29 is 24.6 Å². The summed E-state index contributed by atoms with van der Waals surface area (Å²) in [6, 6.07) is 14.2. The van der Waals surface area contributed by atoms with E-state index >= 15 is 0 Å². The number of hydrogen-bond donors (Lipinski definition) is 5. The Hall–Kier alpha value is -3.65. The Bertz CT molecular complexity index is 1140. The van der Waals surface area contributed by atoms with E-state index in [-0.39, 0.29) is 12.3 Å². The first-order chi connectivity index (χ1) is 16.7. The lowest BCUT2D eigenvalue weighted by molar-refractivity contribution is -0.143. The first-order valence-electron chi connectivity index (χ1n) is 11.9. The van der Waals surface area contributed by atoms with E-state index in [0.717, 1.165) is 22.0 Å². The number of para-hydroxylation sites is 1. The molecule has 35 heavy (non-hydrogen) atoms. The van der Waals surface area contributed by atoms with Crippen LogP contribution in [-0.4, -0.2) is 51.2 Å². The van der Waals surface area contributed by atoms with Crippen molar-refractivity contribution >= 4 is 28.7 Å². The summed E-state index contributed by atoms with van der Waals surface area (Å²) >= 11 is 0. The molecule has 8 nitrogen and oxygen atoms in total. The molecule has 0 spiro atoms. The number of benzene rings is 2. The third-order valence-corrected chi connectivity index (χ3v) is 6.00. The van der Waals surface area contributed by atoms with Crippen molar-refractivity contribution in [1.82, 2.24) is 15.6 Å². The molecule has 1 aromatic heterocycles. The Morgan fingerprint density at radius 2 is 1.54 bits per heavy atom. The fraction of sp³-hybridized carbons (Fsp3) is 0.370. The van der Waals surface area contributed by atoms with E-state index in [1.165, 1.54) is 0 Å². The summed E-state index contributed by atoms with van der Waals surface area (Å²) in [7, 11) is 0. The lowest BCUT2D eigenvalue weighted by Crippen LogP contribution is -2.55. The van der Waals surface area contributed by atoms with Crippen molar-refractivity contribution in [2.45, 2.75) is 57.7 Å². The van der Waals surface area contributed by atoms with Crippen molar-refractivity contribution in [1.29, 1.82) is 0 Å². The van der Waals surface area contributed by atoms with Gasteiger partial charge >= 0.3 is 11.9 Å². The van der Waals surface area contributed by atoms with E-state index in [9.17, 15) is 24.6 Å². The predicted octanol–water partition coefficient (Wildman–Crippen LogP) is 3.37. The van der Waals surface area contributed by atoms with Gasteiger partial charge in [-0.25, -0.2) is 4.79 Å². The minimum Gasteiger partial charge on any atom is -0.480 e. The number of aromatic amines is 1. The fourth-order valence-corrected chi connectivity index (χ4v) is 4.19. The van der Waals surface area contributed by atoms with Crippen LogP contribution in [0.2, 0.25) is 0 Å². The lowest BCUT2D eigenvalue weighted by atomic mass is 9.99. The number of carbonyl (C=O) groups is 3. The van der Waals surface area contributed by atoms with Crippen molar-refractivity contribution in [3.63, 3.8) is 0 Å². The number of rotatable bonds is 13. The number of carboxylic acid groups (broad SMARTS) is 2. The molecule has 5 N–H and O–H groups in total. The maximum atomic E-state index is 13.2. The SMILES string of the molecule is CC(C)C[C@H](NC(CCc1ccccc1)C(=O)O)C(=O)N[C@@H](Cc1c[nH]c2ccccc12)C(=O)O. The normalized spacial score (nSPS) is 13.9. The zero-order chi connectivity index (χ0) is 25.4. The van der Waals surface area contributed by atoms with Crippen LogP contribution in [0.3, 0.4) is 0 Å². The zero-order valence-corrected chi connectivity index (χ0v) is 20.0. The molecule has 186 valence electrons. The molecule has 0 aliphatic heterocycles. The molecule has 0 aliphatic rings. The number of aromatic nitrogens is 1. The van der Waals surface area contributed by atoms with Gasteiger partial charge in [-0.05, 0) is 42.4 Å². The largest absolute Gasteiger partial charge is 0.480 e. The van der Waals surface area contributed by atoms with E-state index in [1.54, 1.807) is 6.20 Å². The highest BCUT2D eigenvalue weighted by atomic mass is 16.4. The summed E-state index contributed by atoms with van der Waals surface area (Å²) in [5.74, 6) is -2.61. The van der Waals surface area contributed by atoms with Crippen molar-refractivity contribution in [3.8, 4) is 0 Å². The maximum absolute atomic E-state index is 13.2. The first kappa shape index (κ1) is 26.0. The summed E-state index contributed by atoms with van der Waals surface area (Å²) in [5, 5.41) is 26.1. The molecule has 1 amide bonds. The third kappa shape index (κ3) is 7.42. The number of amides is 1. The predicted molar refractivity (Wildman–Crippen MR) is 134 cm³/mol. The quantitative estimate of drug-likeness (QED) is 0.255. The monoisotopic (exact) mass is 479 g/mol. The van der Waals surface area contributed by atoms with Gasteiger partial charge in [-0.15, -0.1) is 0 Å². The molecule has 0 fully saturated rings. The molecule has 0 saturated carbocycles. The van der Waals surface area contributed by atoms with Gasteiger partial charge in [0, 0.05) is 23.5 Å². The smallest absolute Gasteiger partial charge is 0.326 e. The molecule has 3 atom stereocenters. The minimum atomic E-state index is -1.15. The molecule has 8 heteroatoms. The number of aliphatic carboxylic acids is 2. The second kappa shape index (κ2) is 12.2. The van der Waals surface area contributed by atoms with Gasteiger partial charge < -0.3 is 20.5 Å². The van der Waals surface area contributed by atoms with Crippen LogP contribution in [0.5, 0.6) is 0 Å². The van der Waals surface area contributed by atoms with E-state index in [0.29, 0.717) is 19.3 Å². The van der Waals surface area contributed by atoms with Crippen molar-refractivity contribution in [3.05, 3.63) is 71.9 Å². The number of nitrogens with one attached hydrogen (secondary N) is 3. The Balaban J connectivity index is 1.71. The molecule has 2 aromatic carbocycles.